The van der Waals surface area contributed by atoms with E-state index in [2.05, 4.69) is 5.32 Å². The van der Waals surface area contributed by atoms with E-state index < -0.39 is 11.6 Å². The van der Waals surface area contributed by atoms with Crippen molar-refractivity contribution in [3.63, 3.8) is 0 Å². The molecule has 1 N–H and O–H groups in total. The van der Waals surface area contributed by atoms with Gasteiger partial charge in [0.25, 0.3) is 0 Å². The number of rotatable bonds is 3. The van der Waals surface area contributed by atoms with Gasteiger partial charge >= 0.3 is 0 Å². The second-order valence-electron chi connectivity index (χ2n) is 5.50. The molecule has 1 aliphatic heterocycles. The predicted octanol–water partition coefficient (Wildman–Crippen LogP) is 2.74. The Hall–Kier alpha value is -1.04. The maximum Gasteiger partial charge on any atom is 0.168 e. The Labute approximate surface area is 117 Å². The van der Waals surface area contributed by atoms with E-state index in [1.54, 1.807) is 0 Å². The van der Waals surface area contributed by atoms with Crippen molar-refractivity contribution < 1.29 is 18.3 Å². The van der Waals surface area contributed by atoms with Crippen molar-refractivity contribution in [2.75, 3.05) is 13.2 Å². The van der Waals surface area contributed by atoms with Gasteiger partial charge in [-0.05, 0) is 18.9 Å². The molecule has 1 aromatic carbocycles. The monoisotopic (exact) mass is 283 g/mol. The Bertz CT molecular complexity index is 465. The minimum Gasteiger partial charge on any atom is -0.348 e. The molecule has 0 radical (unpaired) electrons. The lowest BCUT2D eigenvalue weighted by Crippen LogP contribution is -2.41. The Morgan fingerprint density at radius 2 is 1.85 bits per heavy atom. The molecular weight excluding hydrogens is 264 g/mol. The number of nitrogens with one attached hydrogen (secondary N) is 1. The maximum atomic E-state index is 13.5. The first-order valence-corrected chi connectivity index (χ1v) is 7.12. The second kappa shape index (κ2) is 5.76. The van der Waals surface area contributed by atoms with Crippen LogP contribution in [0.5, 0.6) is 0 Å². The van der Waals surface area contributed by atoms with Crippen molar-refractivity contribution in [2.45, 2.75) is 44.1 Å². The molecule has 0 aromatic heterocycles. The van der Waals surface area contributed by atoms with Crippen LogP contribution in [0.15, 0.2) is 18.2 Å². The van der Waals surface area contributed by atoms with E-state index in [-0.39, 0.29) is 5.79 Å². The van der Waals surface area contributed by atoms with E-state index in [4.69, 9.17) is 9.47 Å². The summed E-state index contributed by atoms with van der Waals surface area (Å²) in [6, 6.07) is 4.03. The van der Waals surface area contributed by atoms with Crippen LogP contribution in [0.1, 0.15) is 31.2 Å². The molecule has 5 heteroatoms. The normalized spacial score (nSPS) is 22.5. The minimum atomic E-state index is -0.540. The molecule has 2 fully saturated rings. The lowest BCUT2D eigenvalue weighted by atomic mass is 9.90. The molecule has 1 saturated carbocycles. The number of benzene rings is 1. The topological polar surface area (TPSA) is 30.5 Å². The number of halogens is 2. The van der Waals surface area contributed by atoms with Crippen LogP contribution in [-0.2, 0) is 16.0 Å². The summed E-state index contributed by atoms with van der Waals surface area (Å²) in [6.45, 7) is 1.78. The van der Waals surface area contributed by atoms with Crippen LogP contribution >= 0.6 is 0 Å². The molecule has 1 aliphatic carbocycles. The molecule has 2 aliphatic rings. The third-order valence-corrected chi connectivity index (χ3v) is 4.16. The minimum absolute atomic E-state index is 0.331. The van der Waals surface area contributed by atoms with Crippen molar-refractivity contribution in [1.29, 1.82) is 0 Å². The summed E-state index contributed by atoms with van der Waals surface area (Å²) >= 11 is 0. The van der Waals surface area contributed by atoms with Gasteiger partial charge in [0.15, 0.2) is 5.79 Å². The van der Waals surface area contributed by atoms with E-state index in [0.717, 1.165) is 31.7 Å². The van der Waals surface area contributed by atoms with Crippen LogP contribution in [0.2, 0.25) is 0 Å². The fourth-order valence-electron chi connectivity index (χ4n) is 2.97. The largest absolute Gasteiger partial charge is 0.348 e. The number of hydrogen-bond donors (Lipinski definition) is 1. The lowest BCUT2D eigenvalue weighted by molar-refractivity contribution is -0.179. The number of hydrogen-bond acceptors (Lipinski definition) is 3. The molecule has 0 bridgehead atoms. The summed E-state index contributed by atoms with van der Waals surface area (Å²) in [4.78, 5) is 0. The summed E-state index contributed by atoms with van der Waals surface area (Å²) in [5, 5.41) is 3.33. The van der Waals surface area contributed by atoms with Crippen molar-refractivity contribution in [3.8, 4) is 0 Å². The van der Waals surface area contributed by atoms with Crippen molar-refractivity contribution in [1.82, 2.24) is 5.32 Å². The van der Waals surface area contributed by atoms with Gasteiger partial charge in [0.05, 0.1) is 13.2 Å². The van der Waals surface area contributed by atoms with Gasteiger partial charge in [0.1, 0.15) is 11.6 Å². The molecule has 0 atom stereocenters. The van der Waals surface area contributed by atoms with Gasteiger partial charge in [0.2, 0.25) is 0 Å². The fourth-order valence-corrected chi connectivity index (χ4v) is 2.97. The quantitative estimate of drug-likeness (QED) is 0.925. The molecule has 0 unspecified atom stereocenters. The Morgan fingerprint density at radius 3 is 2.50 bits per heavy atom. The van der Waals surface area contributed by atoms with E-state index in [0.29, 0.717) is 31.4 Å². The highest BCUT2D eigenvalue weighted by atomic mass is 19.1. The van der Waals surface area contributed by atoms with Crippen LogP contribution in [0.3, 0.4) is 0 Å². The summed E-state index contributed by atoms with van der Waals surface area (Å²) in [5.74, 6) is -1.40. The van der Waals surface area contributed by atoms with Crippen molar-refractivity contribution in [3.05, 3.63) is 35.4 Å². The molecule has 1 spiro atoms. The summed E-state index contributed by atoms with van der Waals surface area (Å²) in [5.41, 5.74) is 0.500. The Kier molecular flexibility index (Phi) is 4.01. The van der Waals surface area contributed by atoms with Gasteiger partial charge in [-0.1, -0.05) is 6.07 Å². The molecule has 3 nitrogen and oxygen atoms in total. The second-order valence-corrected chi connectivity index (χ2v) is 5.50. The highest BCUT2D eigenvalue weighted by molar-refractivity contribution is 5.18. The first-order valence-electron chi connectivity index (χ1n) is 7.12. The zero-order valence-electron chi connectivity index (χ0n) is 11.3. The average Bonchev–Trinajstić information content (AvgIpc) is 2.88. The molecule has 1 saturated heterocycles. The third-order valence-electron chi connectivity index (χ3n) is 4.16. The summed E-state index contributed by atoms with van der Waals surface area (Å²) in [7, 11) is 0. The standard InChI is InChI=1S/C15H19F2NO2/c16-12-2-1-11(14(17)9-12)10-18-13-3-5-15(6-4-13)19-7-8-20-15/h1-2,9,13,18H,3-8,10H2. The van der Waals surface area contributed by atoms with Crippen LogP contribution in [-0.4, -0.2) is 25.0 Å². The first-order chi connectivity index (χ1) is 9.67. The van der Waals surface area contributed by atoms with Crippen LogP contribution in [0, 0.1) is 11.6 Å². The molecular formula is C15H19F2NO2. The van der Waals surface area contributed by atoms with E-state index in [1.165, 1.54) is 12.1 Å². The van der Waals surface area contributed by atoms with E-state index >= 15 is 0 Å². The van der Waals surface area contributed by atoms with Crippen LogP contribution in [0.4, 0.5) is 8.78 Å². The molecule has 20 heavy (non-hydrogen) atoms. The van der Waals surface area contributed by atoms with Gasteiger partial charge in [-0.25, -0.2) is 8.78 Å². The average molecular weight is 283 g/mol. The SMILES string of the molecule is Fc1ccc(CNC2CCC3(CC2)OCCO3)c(F)c1. The van der Waals surface area contributed by atoms with E-state index in [9.17, 15) is 8.78 Å². The Balaban J connectivity index is 1.50. The van der Waals surface area contributed by atoms with Gasteiger partial charge in [-0.3, -0.25) is 0 Å². The maximum absolute atomic E-state index is 13.5. The zero-order valence-corrected chi connectivity index (χ0v) is 11.3. The highest BCUT2D eigenvalue weighted by Crippen LogP contribution is 2.35. The predicted molar refractivity (Wildman–Crippen MR) is 70.1 cm³/mol. The van der Waals surface area contributed by atoms with Crippen molar-refractivity contribution >= 4 is 0 Å². The zero-order chi connectivity index (χ0) is 14.0. The molecule has 0 amide bonds. The van der Waals surface area contributed by atoms with Gasteiger partial charge < -0.3 is 14.8 Å². The molecule has 1 aromatic rings. The van der Waals surface area contributed by atoms with Crippen LogP contribution in [0.25, 0.3) is 0 Å². The van der Waals surface area contributed by atoms with Crippen molar-refractivity contribution in [2.24, 2.45) is 0 Å². The Morgan fingerprint density at radius 1 is 1.15 bits per heavy atom. The number of ether oxygens (including phenoxy) is 2. The third kappa shape index (κ3) is 3.00. The van der Waals surface area contributed by atoms with Gasteiger partial charge in [-0.2, -0.15) is 0 Å². The molecule has 3 rings (SSSR count). The van der Waals surface area contributed by atoms with Gasteiger partial charge in [-0.15, -0.1) is 0 Å². The molecule has 110 valence electrons. The smallest absolute Gasteiger partial charge is 0.168 e. The lowest BCUT2D eigenvalue weighted by Gasteiger charge is -2.35. The summed E-state index contributed by atoms with van der Waals surface area (Å²) < 4.78 is 37.7. The van der Waals surface area contributed by atoms with Crippen LogP contribution < -0.4 is 5.32 Å². The molecule has 1 heterocycles. The van der Waals surface area contributed by atoms with Gasteiger partial charge in [0, 0.05) is 37.1 Å². The fraction of sp³-hybridized carbons (Fsp3) is 0.600. The van der Waals surface area contributed by atoms with E-state index in [1.807, 2.05) is 0 Å². The highest BCUT2D eigenvalue weighted by Gasteiger charge is 2.40. The first kappa shape index (κ1) is 13.9. The summed E-state index contributed by atoms with van der Waals surface area (Å²) in [6.07, 6.45) is 3.64.